The van der Waals surface area contributed by atoms with E-state index in [2.05, 4.69) is 36.2 Å². The molecule has 5 rings (SSSR count). The molecule has 1 unspecified atom stereocenters. The van der Waals surface area contributed by atoms with E-state index >= 15 is 0 Å². The highest BCUT2D eigenvalue weighted by Crippen LogP contribution is 2.33. The second-order valence-electron chi connectivity index (χ2n) is 7.74. The average Bonchev–Trinajstić information content (AvgIpc) is 3.37. The number of hydrogen-bond acceptors (Lipinski definition) is 7. The van der Waals surface area contributed by atoms with Crippen molar-refractivity contribution in [1.29, 1.82) is 0 Å². The first kappa shape index (κ1) is 17.5. The molecule has 1 saturated heterocycles. The molecule has 0 radical (unpaired) electrons. The summed E-state index contributed by atoms with van der Waals surface area (Å²) in [6.45, 7) is 3.57. The Morgan fingerprint density at radius 1 is 1.18 bits per heavy atom. The number of hydrogen-bond donors (Lipinski definition) is 0. The summed E-state index contributed by atoms with van der Waals surface area (Å²) in [6.07, 6.45) is 7.22. The van der Waals surface area contributed by atoms with Crippen LogP contribution in [0.15, 0.2) is 22.9 Å². The molecule has 146 valence electrons. The van der Waals surface area contributed by atoms with Gasteiger partial charge in [-0.1, -0.05) is 16.4 Å². The molecule has 1 aliphatic heterocycles. The minimum atomic E-state index is 0.224. The maximum Gasteiger partial charge on any atom is 0.230 e. The highest BCUT2D eigenvalue weighted by atomic mass is 16.5. The Kier molecular flexibility index (Phi) is 4.64. The van der Waals surface area contributed by atoms with E-state index in [1.807, 2.05) is 19.2 Å². The molecule has 28 heavy (non-hydrogen) atoms. The lowest BCUT2D eigenvalue weighted by molar-refractivity contribution is 0.0647. The van der Waals surface area contributed by atoms with Crippen LogP contribution in [0.4, 0.5) is 0 Å². The molecule has 0 spiro atoms. The predicted molar refractivity (Wildman–Crippen MR) is 100.0 cm³/mol. The summed E-state index contributed by atoms with van der Waals surface area (Å²) < 4.78 is 13.2. The molecule has 4 heterocycles. The zero-order valence-electron chi connectivity index (χ0n) is 16.0. The topological polar surface area (TPSA) is 91.8 Å². The van der Waals surface area contributed by atoms with Gasteiger partial charge in [-0.25, -0.2) is 4.68 Å². The Hall–Kier alpha value is -2.61. The van der Waals surface area contributed by atoms with Gasteiger partial charge in [0.1, 0.15) is 0 Å². The van der Waals surface area contributed by atoms with Crippen LogP contribution in [-0.2, 0) is 24.0 Å². The zero-order chi connectivity index (χ0) is 18.9. The van der Waals surface area contributed by atoms with E-state index in [0.29, 0.717) is 18.3 Å². The normalized spacial score (nSPS) is 20.2. The Labute approximate surface area is 163 Å². The summed E-state index contributed by atoms with van der Waals surface area (Å²) >= 11 is 0. The van der Waals surface area contributed by atoms with Gasteiger partial charge in [-0.3, -0.25) is 4.98 Å². The van der Waals surface area contributed by atoms with Gasteiger partial charge in [-0.05, 0) is 44.2 Å². The van der Waals surface area contributed by atoms with E-state index in [1.165, 1.54) is 5.69 Å². The van der Waals surface area contributed by atoms with Gasteiger partial charge in [-0.2, -0.15) is 4.98 Å². The minimum Gasteiger partial charge on any atom is -0.381 e. The summed E-state index contributed by atoms with van der Waals surface area (Å²) in [4.78, 5) is 9.01. The van der Waals surface area contributed by atoms with E-state index in [0.717, 1.165) is 68.2 Å². The molecular formula is C20H24N6O2. The number of aryl methyl sites for hydroxylation is 2. The fourth-order valence-corrected chi connectivity index (χ4v) is 4.12. The van der Waals surface area contributed by atoms with Gasteiger partial charge in [0.2, 0.25) is 5.89 Å². The summed E-state index contributed by atoms with van der Waals surface area (Å²) in [7, 11) is 0. The second-order valence-corrected chi connectivity index (χ2v) is 7.74. The van der Waals surface area contributed by atoms with Gasteiger partial charge >= 0.3 is 0 Å². The van der Waals surface area contributed by atoms with Gasteiger partial charge in [0.05, 0.1) is 17.4 Å². The van der Waals surface area contributed by atoms with Crippen LogP contribution in [0, 0.1) is 6.92 Å². The molecule has 0 saturated carbocycles. The summed E-state index contributed by atoms with van der Waals surface area (Å²) in [5.74, 6) is 1.66. The van der Waals surface area contributed by atoms with E-state index in [9.17, 15) is 0 Å². The molecule has 8 heteroatoms. The fraction of sp³-hybridized carbons (Fsp3) is 0.550. The van der Waals surface area contributed by atoms with E-state index in [1.54, 1.807) is 0 Å². The molecule has 0 amide bonds. The number of nitrogens with zero attached hydrogens (tertiary/aromatic N) is 6. The van der Waals surface area contributed by atoms with Crippen molar-refractivity contribution in [2.75, 3.05) is 13.2 Å². The van der Waals surface area contributed by atoms with Crippen molar-refractivity contribution >= 4 is 0 Å². The zero-order valence-corrected chi connectivity index (χ0v) is 16.0. The molecule has 1 aliphatic carbocycles. The molecule has 0 aromatic carbocycles. The molecule has 0 N–H and O–H groups in total. The van der Waals surface area contributed by atoms with Gasteiger partial charge in [0.25, 0.3) is 0 Å². The molecule has 1 atom stereocenters. The van der Waals surface area contributed by atoms with Crippen LogP contribution in [0.5, 0.6) is 0 Å². The Balaban J connectivity index is 1.31. The highest BCUT2D eigenvalue weighted by molar-refractivity contribution is 5.20. The Morgan fingerprint density at radius 2 is 2.07 bits per heavy atom. The first-order valence-electron chi connectivity index (χ1n) is 10.0. The van der Waals surface area contributed by atoms with Crippen LogP contribution in [0.3, 0.4) is 0 Å². The van der Waals surface area contributed by atoms with Crippen LogP contribution in [0.1, 0.15) is 65.6 Å². The predicted octanol–water partition coefficient (Wildman–Crippen LogP) is 2.58. The maximum absolute atomic E-state index is 5.63. The smallest absolute Gasteiger partial charge is 0.230 e. The molecule has 1 fully saturated rings. The van der Waals surface area contributed by atoms with E-state index in [4.69, 9.17) is 9.26 Å². The second kappa shape index (κ2) is 7.43. The van der Waals surface area contributed by atoms with Crippen molar-refractivity contribution in [3.63, 3.8) is 0 Å². The number of pyridine rings is 1. The standard InChI is InChI=1S/C20H24N6O2/c1-13-2-3-14(12-21-13)10-19-22-20(28-24-19)15-4-5-17-18(11-15)26(25-23-17)16-6-8-27-9-7-16/h2-3,12,15-16H,4-11H2,1H3. The van der Waals surface area contributed by atoms with Gasteiger partial charge < -0.3 is 9.26 Å². The first-order valence-corrected chi connectivity index (χ1v) is 10.0. The quantitative estimate of drug-likeness (QED) is 0.687. The van der Waals surface area contributed by atoms with Crippen molar-refractivity contribution in [2.45, 2.75) is 57.4 Å². The maximum atomic E-state index is 5.63. The van der Waals surface area contributed by atoms with Crippen LogP contribution >= 0.6 is 0 Å². The summed E-state index contributed by atoms with van der Waals surface area (Å²) in [5, 5.41) is 13.1. The van der Waals surface area contributed by atoms with Crippen molar-refractivity contribution in [3.8, 4) is 0 Å². The number of rotatable bonds is 4. The molecular weight excluding hydrogens is 356 g/mol. The van der Waals surface area contributed by atoms with Crippen molar-refractivity contribution in [2.24, 2.45) is 0 Å². The fourth-order valence-electron chi connectivity index (χ4n) is 4.12. The number of fused-ring (bicyclic) bond motifs is 1. The lowest BCUT2D eigenvalue weighted by atomic mass is 9.89. The third-order valence-electron chi connectivity index (χ3n) is 5.75. The highest BCUT2D eigenvalue weighted by Gasteiger charge is 2.31. The monoisotopic (exact) mass is 380 g/mol. The molecule has 3 aromatic rings. The summed E-state index contributed by atoms with van der Waals surface area (Å²) in [5.41, 5.74) is 4.44. The van der Waals surface area contributed by atoms with Crippen LogP contribution in [0.25, 0.3) is 0 Å². The SMILES string of the molecule is Cc1ccc(Cc2noc(C3CCc4nnn(C5CCOCC5)c4C3)n2)cn1. The largest absolute Gasteiger partial charge is 0.381 e. The third kappa shape index (κ3) is 3.44. The van der Waals surface area contributed by atoms with Gasteiger partial charge in [0.15, 0.2) is 5.82 Å². The summed E-state index contributed by atoms with van der Waals surface area (Å²) in [6, 6.07) is 4.45. The van der Waals surface area contributed by atoms with Gasteiger partial charge in [0, 0.05) is 43.9 Å². The Bertz CT molecular complexity index is 942. The van der Waals surface area contributed by atoms with E-state index in [-0.39, 0.29) is 5.92 Å². The molecule has 3 aromatic heterocycles. The van der Waals surface area contributed by atoms with Crippen molar-refractivity contribution in [1.82, 2.24) is 30.1 Å². The van der Waals surface area contributed by atoms with Crippen LogP contribution in [0.2, 0.25) is 0 Å². The Morgan fingerprint density at radius 3 is 2.89 bits per heavy atom. The lowest BCUT2D eigenvalue weighted by Crippen LogP contribution is -2.24. The third-order valence-corrected chi connectivity index (χ3v) is 5.75. The van der Waals surface area contributed by atoms with Crippen molar-refractivity contribution in [3.05, 3.63) is 52.7 Å². The molecule has 2 aliphatic rings. The number of aromatic nitrogens is 6. The van der Waals surface area contributed by atoms with Gasteiger partial charge in [-0.15, -0.1) is 5.10 Å². The van der Waals surface area contributed by atoms with Crippen molar-refractivity contribution < 1.29 is 9.26 Å². The number of ether oxygens (including phenoxy) is 1. The first-order chi connectivity index (χ1) is 13.8. The molecule has 0 bridgehead atoms. The minimum absolute atomic E-state index is 0.224. The van der Waals surface area contributed by atoms with Crippen LogP contribution < -0.4 is 0 Å². The van der Waals surface area contributed by atoms with Crippen LogP contribution in [-0.4, -0.2) is 43.3 Å². The lowest BCUT2D eigenvalue weighted by Gasteiger charge is -2.26. The van der Waals surface area contributed by atoms with E-state index < -0.39 is 0 Å². The average molecular weight is 380 g/mol. The molecule has 8 nitrogen and oxygen atoms in total.